The normalized spacial score (nSPS) is 9.90. The number of nitrogens with zero attached hydrogens (tertiary/aromatic N) is 2. The Balaban J connectivity index is 3.28. The first-order valence-corrected chi connectivity index (χ1v) is 3.52. The molecule has 0 saturated heterocycles. The first kappa shape index (κ1) is 7.68. The van der Waals surface area contributed by atoms with Crippen molar-refractivity contribution < 1.29 is 0 Å². The third-order valence-corrected chi connectivity index (χ3v) is 1.87. The molecule has 0 amide bonds. The Kier molecular flexibility index (Phi) is 2.05. The van der Waals surface area contributed by atoms with Crippen LogP contribution in [-0.4, -0.2) is 9.97 Å². The van der Waals surface area contributed by atoms with Gasteiger partial charge in [0.25, 0.3) is 0 Å². The molecule has 0 aliphatic heterocycles. The van der Waals surface area contributed by atoms with Crippen molar-refractivity contribution in [3.63, 3.8) is 0 Å². The molecule has 0 atom stereocenters. The first-order chi connectivity index (χ1) is 4.61. The Bertz CT molecular complexity index is 211. The molecule has 0 unspecified atom stereocenters. The van der Waals surface area contributed by atoms with Gasteiger partial charge in [0.15, 0.2) is 0 Å². The number of aryl methyl sites for hydroxylation is 1. The highest BCUT2D eigenvalue weighted by molar-refractivity contribution is 7.83. The number of rotatable bonds is 0. The zero-order valence-electron chi connectivity index (χ0n) is 5.37. The van der Waals surface area contributed by atoms with E-state index in [0.717, 1.165) is 0 Å². The first-order valence-electron chi connectivity index (χ1n) is 2.63. The number of nitrogen functional groups attached to an aromatic ring is 1. The SMILES string of the molecule is Cc1nc(S)c(S)nc1N. The van der Waals surface area contributed by atoms with Gasteiger partial charge in [-0.05, 0) is 6.92 Å². The van der Waals surface area contributed by atoms with E-state index < -0.39 is 0 Å². The van der Waals surface area contributed by atoms with Gasteiger partial charge in [-0.1, -0.05) is 0 Å². The van der Waals surface area contributed by atoms with Gasteiger partial charge in [0.2, 0.25) is 0 Å². The second-order valence-electron chi connectivity index (χ2n) is 1.84. The van der Waals surface area contributed by atoms with Crippen molar-refractivity contribution in [3.8, 4) is 0 Å². The summed E-state index contributed by atoms with van der Waals surface area (Å²) in [6.07, 6.45) is 0. The third kappa shape index (κ3) is 1.35. The molecule has 54 valence electrons. The van der Waals surface area contributed by atoms with Gasteiger partial charge in [0, 0.05) is 0 Å². The molecule has 3 nitrogen and oxygen atoms in total. The van der Waals surface area contributed by atoms with E-state index in [2.05, 4.69) is 35.2 Å². The minimum absolute atomic E-state index is 0.405. The molecule has 0 bridgehead atoms. The number of thiol groups is 2. The summed E-state index contributed by atoms with van der Waals surface area (Å²) in [4.78, 5) is 7.85. The fraction of sp³-hybridized carbons (Fsp3) is 0.200. The van der Waals surface area contributed by atoms with Crippen molar-refractivity contribution in [3.05, 3.63) is 5.69 Å². The summed E-state index contributed by atoms with van der Waals surface area (Å²) in [7, 11) is 0. The number of hydrogen-bond donors (Lipinski definition) is 3. The van der Waals surface area contributed by atoms with Gasteiger partial charge in [-0.15, -0.1) is 25.3 Å². The lowest BCUT2D eigenvalue weighted by Crippen LogP contribution is -1.98. The quantitative estimate of drug-likeness (QED) is 0.512. The van der Waals surface area contributed by atoms with E-state index in [-0.39, 0.29) is 0 Å². The van der Waals surface area contributed by atoms with Gasteiger partial charge >= 0.3 is 0 Å². The van der Waals surface area contributed by atoms with Gasteiger partial charge in [0.05, 0.1) is 5.69 Å². The molecule has 2 N–H and O–H groups in total. The van der Waals surface area contributed by atoms with Gasteiger partial charge in [-0.3, -0.25) is 0 Å². The molecule has 0 aliphatic rings. The molecule has 0 aliphatic carbocycles. The molecular formula is C5H7N3S2. The zero-order chi connectivity index (χ0) is 7.72. The summed E-state index contributed by atoms with van der Waals surface area (Å²) in [6.45, 7) is 1.77. The van der Waals surface area contributed by atoms with Gasteiger partial charge in [-0.25, -0.2) is 9.97 Å². The number of hydrogen-bond acceptors (Lipinski definition) is 5. The van der Waals surface area contributed by atoms with Crippen LogP contribution < -0.4 is 5.73 Å². The maximum absolute atomic E-state index is 5.43. The van der Waals surface area contributed by atoms with Crippen LogP contribution in [0.15, 0.2) is 10.1 Å². The van der Waals surface area contributed by atoms with E-state index in [1.165, 1.54) is 0 Å². The summed E-state index contributed by atoms with van der Waals surface area (Å²) >= 11 is 7.99. The van der Waals surface area contributed by atoms with Crippen molar-refractivity contribution in [1.82, 2.24) is 9.97 Å². The summed E-state index contributed by atoms with van der Waals surface area (Å²) in [5, 5.41) is 0.974. The fourth-order valence-corrected chi connectivity index (χ4v) is 0.869. The summed E-state index contributed by atoms with van der Waals surface area (Å²) < 4.78 is 0. The van der Waals surface area contributed by atoms with E-state index in [1.807, 2.05) is 0 Å². The molecule has 1 aromatic heterocycles. The molecule has 10 heavy (non-hydrogen) atoms. The second kappa shape index (κ2) is 2.67. The molecule has 1 heterocycles. The standard InChI is InChI=1S/C5H7N3S2/c1-2-3(6)8-5(10)4(9)7-2/h1H3,(H,7,9)(H3,6,8,10). The minimum atomic E-state index is 0.405. The zero-order valence-corrected chi connectivity index (χ0v) is 7.16. The summed E-state index contributed by atoms with van der Waals surface area (Å²) in [6, 6.07) is 0. The molecule has 1 rings (SSSR count). The van der Waals surface area contributed by atoms with E-state index in [4.69, 9.17) is 5.73 Å². The highest BCUT2D eigenvalue weighted by Crippen LogP contribution is 2.15. The Hall–Kier alpha value is -0.420. The lowest BCUT2D eigenvalue weighted by molar-refractivity contribution is 0.907. The van der Waals surface area contributed by atoms with Gasteiger partial charge < -0.3 is 5.73 Å². The lowest BCUT2D eigenvalue weighted by atomic mass is 10.5. The lowest BCUT2D eigenvalue weighted by Gasteiger charge is -2.00. The Morgan fingerprint density at radius 3 is 2.20 bits per heavy atom. The minimum Gasteiger partial charge on any atom is -0.382 e. The van der Waals surface area contributed by atoms with Crippen molar-refractivity contribution in [1.29, 1.82) is 0 Å². The molecule has 0 saturated carbocycles. The van der Waals surface area contributed by atoms with Crippen molar-refractivity contribution in [2.24, 2.45) is 0 Å². The van der Waals surface area contributed by atoms with Crippen LogP contribution >= 0.6 is 25.3 Å². The smallest absolute Gasteiger partial charge is 0.146 e. The molecule has 0 radical (unpaired) electrons. The van der Waals surface area contributed by atoms with E-state index >= 15 is 0 Å². The number of anilines is 1. The molecule has 1 aromatic rings. The maximum atomic E-state index is 5.43. The predicted octanol–water partition coefficient (Wildman–Crippen LogP) is 0.945. The topological polar surface area (TPSA) is 51.8 Å². The largest absolute Gasteiger partial charge is 0.382 e. The highest BCUT2D eigenvalue weighted by Gasteiger charge is 2.01. The molecule has 5 heteroatoms. The predicted molar refractivity (Wildman–Crippen MR) is 45.7 cm³/mol. The van der Waals surface area contributed by atoms with Crippen LogP contribution in [-0.2, 0) is 0 Å². The van der Waals surface area contributed by atoms with E-state index in [0.29, 0.717) is 21.6 Å². The van der Waals surface area contributed by atoms with Crippen LogP contribution in [0.4, 0.5) is 5.82 Å². The van der Waals surface area contributed by atoms with Crippen molar-refractivity contribution in [2.45, 2.75) is 17.0 Å². The monoisotopic (exact) mass is 173 g/mol. The Morgan fingerprint density at radius 2 is 1.70 bits per heavy atom. The molecule has 0 aromatic carbocycles. The van der Waals surface area contributed by atoms with Crippen LogP contribution in [0, 0.1) is 6.92 Å². The van der Waals surface area contributed by atoms with Crippen LogP contribution in [0.2, 0.25) is 0 Å². The Morgan fingerprint density at radius 1 is 1.20 bits per heavy atom. The number of nitrogens with two attached hydrogens (primary N) is 1. The van der Waals surface area contributed by atoms with Crippen LogP contribution in [0.5, 0.6) is 0 Å². The van der Waals surface area contributed by atoms with Crippen LogP contribution in [0.25, 0.3) is 0 Å². The number of aromatic nitrogens is 2. The third-order valence-electron chi connectivity index (χ3n) is 1.07. The average Bonchev–Trinajstić information content (AvgIpc) is 1.84. The van der Waals surface area contributed by atoms with Crippen molar-refractivity contribution in [2.75, 3.05) is 5.73 Å². The molecule has 0 fully saturated rings. The summed E-state index contributed by atoms with van der Waals surface area (Å²) in [5.41, 5.74) is 6.12. The summed E-state index contributed by atoms with van der Waals surface area (Å²) in [5.74, 6) is 0.405. The second-order valence-corrected chi connectivity index (χ2v) is 2.69. The highest BCUT2D eigenvalue weighted by atomic mass is 32.1. The van der Waals surface area contributed by atoms with Crippen LogP contribution in [0.1, 0.15) is 5.69 Å². The van der Waals surface area contributed by atoms with Crippen LogP contribution in [0.3, 0.4) is 0 Å². The van der Waals surface area contributed by atoms with Gasteiger partial charge in [0.1, 0.15) is 15.9 Å². The fourth-order valence-electron chi connectivity index (χ4n) is 0.511. The molecular weight excluding hydrogens is 166 g/mol. The molecule has 0 spiro atoms. The van der Waals surface area contributed by atoms with Gasteiger partial charge in [-0.2, -0.15) is 0 Å². The maximum Gasteiger partial charge on any atom is 0.146 e. The van der Waals surface area contributed by atoms with E-state index in [9.17, 15) is 0 Å². The van der Waals surface area contributed by atoms with Crippen molar-refractivity contribution >= 4 is 31.1 Å². The Labute approximate surface area is 69.9 Å². The van der Waals surface area contributed by atoms with E-state index in [1.54, 1.807) is 6.92 Å². The average molecular weight is 173 g/mol.